The number of ether oxygens (including phenoxy) is 1. The average molecular weight is 354 g/mol. The van der Waals surface area contributed by atoms with Crippen molar-refractivity contribution in [3.05, 3.63) is 24.3 Å². The molecular weight excluding hydrogens is 328 g/mol. The number of anilines is 1. The second-order valence-electron chi connectivity index (χ2n) is 8.86. The van der Waals surface area contributed by atoms with Crippen LogP contribution in [0.4, 0.5) is 5.69 Å². The minimum Gasteiger partial charge on any atom is -0.497 e. The van der Waals surface area contributed by atoms with Crippen LogP contribution in [0.2, 0.25) is 0 Å². The number of carbonyl (C=O) groups is 2. The van der Waals surface area contributed by atoms with Crippen molar-refractivity contribution in [2.24, 2.45) is 17.8 Å². The maximum absolute atomic E-state index is 13.0. The summed E-state index contributed by atoms with van der Waals surface area (Å²) in [6.07, 6.45) is 7.93. The zero-order valence-corrected chi connectivity index (χ0v) is 15.2. The summed E-state index contributed by atoms with van der Waals surface area (Å²) in [6.45, 7) is 0. The molecule has 1 aromatic rings. The number of imide groups is 1. The van der Waals surface area contributed by atoms with Crippen molar-refractivity contribution in [2.75, 3.05) is 12.0 Å². The van der Waals surface area contributed by atoms with Gasteiger partial charge in [0.05, 0.1) is 25.3 Å². The van der Waals surface area contributed by atoms with Gasteiger partial charge in [0, 0.05) is 5.54 Å². The van der Waals surface area contributed by atoms with Crippen LogP contribution in [-0.2, 0) is 9.59 Å². The van der Waals surface area contributed by atoms with E-state index in [4.69, 9.17) is 4.74 Å². The predicted molar refractivity (Wildman–Crippen MR) is 97.9 cm³/mol. The molecular formula is C21H26N2O3. The SMILES string of the molecule is COc1ccc(N2C(=O)C[C@H](NC34CC5CC(CC(C5)C3)C4)C2=O)cc1. The molecule has 1 aromatic carbocycles. The predicted octanol–water partition coefficient (Wildman–Crippen LogP) is 2.89. The van der Waals surface area contributed by atoms with Crippen LogP contribution >= 0.6 is 0 Å². The molecule has 1 heterocycles. The third-order valence-electron chi connectivity index (χ3n) is 7.00. The Labute approximate surface area is 154 Å². The summed E-state index contributed by atoms with van der Waals surface area (Å²) in [7, 11) is 1.60. The van der Waals surface area contributed by atoms with Crippen LogP contribution in [0.25, 0.3) is 0 Å². The number of benzene rings is 1. The molecule has 1 atom stereocenters. The molecule has 4 bridgehead atoms. The van der Waals surface area contributed by atoms with Gasteiger partial charge in [-0.15, -0.1) is 0 Å². The molecule has 5 aliphatic rings. The van der Waals surface area contributed by atoms with E-state index in [0.29, 0.717) is 5.69 Å². The van der Waals surface area contributed by atoms with E-state index in [1.54, 1.807) is 31.4 Å². The molecule has 1 saturated heterocycles. The smallest absolute Gasteiger partial charge is 0.251 e. The van der Waals surface area contributed by atoms with E-state index in [1.807, 2.05) is 0 Å². The number of amides is 2. The van der Waals surface area contributed by atoms with Crippen molar-refractivity contribution in [3.63, 3.8) is 0 Å². The molecule has 4 saturated carbocycles. The first-order valence-electron chi connectivity index (χ1n) is 9.84. The average Bonchev–Trinajstić information content (AvgIpc) is 2.87. The van der Waals surface area contributed by atoms with E-state index < -0.39 is 0 Å². The maximum Gasteiger partial charge on any atom is 0.251 e. The Bertz CT molecular complexity index is 707. The first kappa shape index (κ1) is 16.3. The van der Waals surface area contributed by atoms with E-state index in [2.05, 4.69) is 5.32 Å². The van der Waals surface area contributed by atoms with Crippen molar-refractivity contribution in [3.8, 4) is 5.75 Å². The summed E-state index contributed by atoms with van der Waals surface area (Å²) in [5.74, 6) is 2.96. The number of methoxy groups -OCH3 is 1. The summed E-state index contributed by atoms with van der Waals surface area (Å²) in [5, 5.41) is 3.69. The summed E-state index contributed by atoms with van der Waals surface area (Å²) in [5.41, 5.74) is 0.723. The molecule has 1 N–H and O–H groups in total. The lowest BCUT2D eigenvalue weighted by Crippen LogP contribution is -2.61. The van der Waals surface area contributed by atoms with E-state index >= 15 is 0 Å². The fourth-order valence-electron chi connectivity index (χ4n) is 6.40. The molecule has 4 aliphatic carbocycles. The van der Waals surface area contributed by atoms with Gasteiger partial charge in [-0.2, -0.15) is 0 Å². The lowest BCUT2D eigenvalue weighted by molar-refractivity contribution is -0.122. The van der Waals surface area contributed by atoms with Gasteiger partial charge in [0.2, 0.25) is 5.91 Å². The summed E-state index contributed by atoms with van der Waals surface area (Å²) < 4.78 is 5.16. The van der Waals surface area contributed by atoms with Crippen molar-refractivity contribution in [1.82, 2.24) is 5.32 Å². The lowest BCUT2D eigenvalue weighted by atomic mass is 9.53. The van der Waals surface area contributed by atoms with E-state index in [-0.39, 0.29) is 29.8 Å². The minimum atomic E-state index is -0.374. The highest BCUT2D eigenvalue weighted by Crippen LogP contribution is 2.55. The van der Waals surface area contributed by atoms with Gasteiger partial charge in [0.25, 0.3) is 5.91 Å². The highest BCUT2D eigenvalue weighted by Gasteiger charge is 2.53. The van der Waals surface area contributed by atoms with Crippen molar-refractivity contribution >= 4 is 17.5 Å². The number of nitrogens with one attached hydrogen (secondary N) is 1. The molecule has 2 amide bonds. The van der Waals surface area contributed by atoms with Gasteiger partial charge in [-0.05, 0) is 80.5 Å². The topological polar surface area (TPSA) is 58.6 Å². The monoisotopic (exact) mass is 354 g/mol. The molecule has 6 rings (SSSR count). The highest BCUT2D eigenvalue weighted by atomic mass is 16.5. The largest absolute Gasteiger partial charge is 0.497 e. The van der Waals surface area contributed by atoms with Gasteiger partial charge in [0.1, 0.15) is 5.75 Å². The van der Waals surface area contributed by atoms with Crippen molar-refractivity contribution in [2.45, 2.75) is 56.5 Å². The van der Waals surface area contributed by atoms with Crippen LogP contribution in [0, 0.1) is 17.8 Å². The quantitative estimate of drug-likeness (QED) is 0.845. The van der Waals surface area contributed by atoms with E-state index in [1.165, 1.54) is 43.4 Å². The number of nitrogens with zero attached hydrogens (tertiary/aromatic N) is 1. The normalized spacial score (nSPS) is 38.3. The molecule has 0 unspecified atom stereocenters. The second kappa shape index (κ2) is 5.81. The molecule has 138 valence electrons. The van der Waals surface area contributed by atoms with Crippen LogP contribution in [0.3, 0.4) is 0 Å². The number of hydrogen-bond acceptors (Lipinski definition) is 4. The van der Waals surface area contributed by atoms with Gasteiger partial charge >= 0.3 is 0 Å². The lowest BCUT2D eigenvalue weighted by Gasteiger charge is -2.57. The standard InChI is InChI=1S/C21H26N2O3/c1-26-17-4-2-16(3-5-17)23-19(24)9-18(20(23)25)22-21-10-13-6-14(11-21)8-15(7-13)12-21/h2-5,13-15,18,22H,6-12H2,1H3/t13?,14?,15?,18-,21?/m0/s1. The first-order chi connectivity index (χ1) is 12.5. The van der Waals surface area contributed by atoms with Crippen LogP contribution < -0.4 is 15.0 Å². The molecule has 5 fully saturated rings. The van der Waals surface area contributed by atoms with Gasteiger partial charge in [-0.3, -0.25) is 14.9 Å². The highest BCUT2D eigenvalue weighted by molar-refractivity contribution is 6.22. The summed E-state index contributed by atoms with van der Waals surface area (Å²) in [6, 6.07) is 6.76. The van der Waals surface area contributed by atoms with E-state index in [0.717, 1.165) is 23.5 Å². The Morgan fingerprint density at radius 3 is 2.12 bits per heavy atom. The van der Waals surface area contributed by atoms with Crippen LogP contribution in [0.1, 0.15) is 44.9 Å². The molecule has 5 heteroatoms. The van der Waals surface area contributed by atoms with Gasteiger partial charge in [0.15, 0.2) is 0 Å². The maximum atomic E-state index is 13.0. The van der Waals surface area contributed by atoms with Gasteiger partial charge < -0.3 is 4.74 Å². The van der Waals surface area contributed by atoms with Crippen LogP contribution in [0.15, 0.2) is 24.3 Å². The molecule has 26 heavy (non-hydrogen) atoms. The Kier molecular flexibility index (Phi) is 3.64. The molecule has 0 aromatic heterocycles. The summed E-state index contributed by atoms with van der Waals surface area (Å²) in [4.78, 5) is 26.9. The fraction of sp³-hybridized carbons (Fsp3) is 0.619. The Balaban J connectivity index is 1.35. The first-order valence-corrected chi connectivity index (χ1v) is 9.84. The third kappa shape index (κ3) is 2.56. The molecule has 0 radical (unpaired) electrons. The number of hydrogen-bond donors (Lipinski definition) is 1. The number of rotatable bonds is 4. The molecule has 1 aliphatic heterocycles. The fourth-order valence-corrected chi connectivity index (χ4v) is 6.40. The zero-order chi connectivity index (χ0) is 17.9. The van der Waals surface area contributed by atoms with Gasteiger partial charge in [-0.1, -0.05) is 0 Å². The van der Waals surface area contributed by atoms with E-state index in [9.17, 15) is 9.59 Å². The van der Waals surface area contributed by atoms with Crippen LogP contribution in [0.5, 0.6) is 5.75 Å². The third-order valence-corrected chi connectivity index (χ3v) is 7.00. The number of carbonyl (C=O) groups excluding carboxylic acids is 2. The van der Waals surface area contributed by atoms with Gasteiger partial charge in [-0.25, -0.2) is 4.90 Å². The Hall–Kier alpha value is -1.88. The van der Waals surface area contributed by atoms with Crippen molar-refractivity contribution < 1.29 is 14.3 Å². The minimum absolute atomic E-state index is 0.0886. The molecule has 5 nitrogen and oxygen atoms in total. The van der Waals surface area contributed by atoms with Crippen molar-refractivity contribution in [1.29, 1.82) is 0 Å². The molecule has 0 spiro atoms. The second-order valence-corrected chi connectivity index (χ2v) is 8.86. The summed E-state index contributed by atoms with van der Waals surface area (Å²) >= 11 is 0. The zero-order valence-electron chi connectivity index (χ0n) is 15.2. The Morgan fingerprint density at radius 1 is 1.00 bits per heavy atom. The Morgan fingerprint density at radius 2 is 1.58 bits per heavy atom. The van der Waals surface area contributed by atoms with Crippen LogP contribution in [-0.4, -0.2) is 30.5 Å².